The molecular weight excluding hydrogens is 357 g/mol. The number of carbonyl (C=O) groups excluding carboxylic acids is 1. The predicted molar refractivity (Wildman–Crippen MR) is 89.7 cm³/mol. The molecule has 1 atom stereocenters. The highest BCUT2D eigenvalue weighted by molar-refractivity contribution is 7.90. The molecule has 0 spiro atoms. The summed E-state index contributed by atoms with van der Waals surface area (Å²) in [5, 5.41) is 2.62. The number of ether oxygens (including phenoxy) is 1. The maximum Gasteiger partial charge on any atom is 0.265 e. The Morgan fingerprint density at radius 1 is 1.21 bits per heavy atom. The second-order valence-corrected chi connectivity index (χ2v) is 7.57. The number of anilines is 1. The first-order valence-electron chi connectivity index (χ1n) is 6.89. The Morgan fingerprint density at radius 3 is 2.38 bits per heavy atom. The number of hydrogen-bond acceptors (Lipinski definition) is 4. The van der Waals surface area contributed by atoms with Crippen molar-refractivity contribution in [3.63, 3.8) is 0 Å². The van der Waals surface area contributed by atoms with E-state index < -0.39 is 27.7 Å². The van der Waals surface area contributed by atoms with Gasteiger partial charge < -0.3 is 10.1 Å². The van der Waals surface area contributed by atoms with E-state index in [-0.39, 0.29) is 15.6 Å². The molecule has 0 fully saturated rings. The van der Waals surface area contributed by atoms with Crippen molar-refractivity contribution in [2.24, 2.45) is 0 Å². The summed E-state index contributed by atoms with van der Waals surface area (Å²) in [7, 11) is -3.30. The van der Waals surface area contributed by atoms with Crippen molar-refractivity contribution < 1.29 is 22.3 Å². The molecule has 0 aliphatic heterocycles. The van der Waals surface area contributed by atoms with E-state index >= 15 is 0 Å². The number of rotatable bonds is 5. The summed E-state index contributed by atoms with van der Waals surface area (Å²) in [6.07, 6.45) is 0.184. The molecule has 1 unspecified atom stereocenters. The minimum absolute atomic E-state index is 0.00715. The second kappa shape index (κ2) is 7.19. The maximum absolute atomic E-state index is 13.7. The zero-order valence-electron chi connectivity index (χ0n) is 12.9. The van der Waals surface area contributed by atoms with Crippen LogP contribution in [0.2, 0.25) is 5.02 Å². The molecule has 128 valence electrons. The minimum Gasteiger partial charge on any atom is -0.481 e. The molecule has 2 aromatic rings. The molecule has 0 aliphatic rings. The Bertz CT molecular complexity index is 853. The van der Waals surface area contributed by atoms with Gasteiger partial charge in [0.15, 0.2) is 15.9 Å². The first kappa shape index (κ1) is 18.2. The molecule has 24 heavy (non-hydrogen) atoms. The SMILES string of the molecule is CC(Oc1ccc(S(C)(=O)=O)cc1)C(=O)Nc1ccc(Cl)cc1F. The molecule has 1 N–H and O–H groups in total. The number of nitrogens with one attached hydrogen (secondary N) is 1. The quantitative estimate of drug-likeness (QED) is 0.875. The molecular formula is C16H15ClFNO4S. The van der Waals surface area contributed by atoms with Crippen LogP contribution in [0.1, 0.15) is 6.92 Å². The lowest BCUT2D eigenvalue weighted by Crippen LogP contribution is -2.30. The molecule has 8 heteroatoms. The zero-order chi connectivity index (χ0) is 17.9. The summed E-state index contributed by atoms with van der Waals surface area (Å²) in [5.41, 5.74) is -0.00715. The summed E-state index contributed by atoms with van der Waals surface area (Å²) in [4.78, 5) is 12.2. The third-order valence-corrected chi connectivity index (χ3v) is 4.49. The molecule has 5 nitrogen and oxygen atoms in total. The third kappa shape index (κ3) is 4.69. The lowest BCUT2D eigenvalue weighted by Gasteiger charge is -2.15. The number of hydrogen-bond donors (Lipinski definition) is 1. The first-order valence-corrected chi connectivity index (χ1v) is 9.16. The van der Waals surface area contributed by atoms with Gasteiger partial charge in [-0.25, -0.2) is 12.8 Å². The van der Waals surface area contributed by atoms with Gasteiger partial charge in [-0.05, 0) is 49.4 Å². The molecule has 0 aliphatic carbocycles. The van der Waals surface area contributed by atoms with E-state index in [1.165, 1.54) is 43.3 Å². The Morgan fingerprint density at radius 2 is 1.83 bits per heavy atom. The number of benzene rings is 2. The molecule has 0 saturated heterocycles. The Kier molecular flexibility index (Phi) is 5.46. The van der Waals surface area contributed by atoms with Gasteiger partial charge in [-0.2, -0.15) is 0 Å². The van der Waals surface area contributed by atoms with Crippen LogP contribution >= 0.6 is 11.6 Å². The van der Waals surface area contributed by atoms with E-state index in [0.717, 1.165) is 12.3 Å². The first-order chi connectivity index (χ1) is 11.2. The third-order valence-electron chi connectivity index (χ3n) is 3.12. The van der Waals surface area contributed by atoms with Crippen molar-refractivity contribution in [3.05, 3.63) is 53.3 Å². The average Bonchev–Trinajstić information content (AvgIpc) is 2.49. The Balaban J connectivity index is 2.03. The van der Waals surface area contributed by atoms with E-state index in [2.05, 4.69) is 5.32 Å². The number of carbonyl (C=O) groups is 1. The highest BCUT2D eigenvalue weighted by Gasteiger charge is 2.17. The van der Waals surface area contributed by atoms with Crippen molar-refractivity contribution in [3.8, 4) is 5.75 Å². The van der Waals surface area contributed by atoms with Gasteiger partial charge >= 0.3 is 0 Å². The minimum atomic E-state index is -3.30. The van der Waals surface area contributed by atoms with Crippen molar-refractivity contribution >= 4 is 33.0 Å². The number of amides is 1. The standard InChI is InChI=1S/C16H15ClFNO4S/c1-10(16(20)19-15-8-3-11(17)9-14(15)18)23-12-4-6-13(7-5-12)24(2,21)22/h3-10H,1-2H3,(H,19,20). The van der Waals surface area contributed by atoms with E-state index in [4.69, 9.17) is 16.3 Å². The fraction of sp³-hybridized carbons (Fsp3) is 0.188. The smallest absolute Gasteiger partial charge is 0.265 e. The molecule has 0 bridgehead atoms. The van der Waals surface area contributed by atoms with E-state index in [0.29, 0.717) is 5.75 Å². The van der Waals surface area contributed by atoms with Gasteiger partial charge in [0, 0.05) is 11.3 Å². The number of halogens is 2. The molecule has 2 rings (SSSR count). The molecule has 1 amide bonds. The fourth-order valence-electron chi connectivity index (χ4n) is 1.85. The highest BCUT2D eigenvalue weighted by Crippen LogP contribution is 2.20. The monoisotopic (exact) mass is 371 g/mol. The fourth-order valence-corrected chi connectivity index (χ4v) is 2.64. The van der Waals surface area contributed by atoms with Crippen molar-refractivity contribution in [1.82, 2.24) is 0 Å². The Labute approximate surface area is 144 Å². The summed E-state index contributed by atoms with van der Waals surface area (Å²) in [5.74, 6) is -0.884. The molecule has 2 aromatic carbocycles. The van der Waals surface area contributed by atoms with Crippen molar-refractivity contribution in [2.75, 3.05) is 11.6 Å². The second-order valence-electron chi connectivity index (χ2n) is 5.12. The van der Waals surface area contributed by atoms with Crippen LogP contribution in [-0.4, -0.2) is 26.7 Å². The normalized spacial score (nSPS) is 12.5. The topological polar surface area (TPSA) is 72.5 Å². The van der Waals surface area contributed by atoms with Crippen LogP contribution in [0.5, 0.6) is 5.75 Å². The molecule has 0 aromatic heterocycles. The largest absolute Gasteiger partial charge is 0.481 e. The molecule has 0 saturated carbocycles. The van der Waals surface area contributed by atoms with Gasteiger partial charge in [0.1, 0.15) is 11.6 Å². The molecule has 0 heterocycles. The van der Waals surface area contributed by atoms with Gasteiger partial charge in [-0.3, -0.25) is 4.79 Å². The zero-order valence-corrected chi connectivity index (χ0v) is 14.5. The van der Waals surface area contributed by atoms with E-state index in [1.54, 1.807) is 0 Å². The highest BCUT2D eigenvalue weighted by atomic mass is 35.5. The van der Waals surface area contributed by atoms with E-state index in [9.17, 15) is 17.6 Å². The van der Waals surface area contributed by atoms with Gasteiger partial charge in [0.2, 0.25) is 0 Å². The lowest BCUT2D eigenvalue weighted by molar-refractivity contribution is -0.122. The predicted octanol–water partition coefficient (Wildman–Crippen LogP) is 3.29. The summed E-state index contributed by atoms with van der Waals surface area (Å²) < 4.78 is 41.9. The van der Waals surface area contributed by atoms with Crippen molar-refractivity contribution in [2.45, 2.75) is 17.9 Å². The maximum atomic E-state index is 13.7. The number of sulfone groups is 1. The average molecular weight is 372 g/mol. The van der Waals surface area contributed by atoms with Gasteiger partial charge in [-0.15, -0.1) is 0 Å². The van der Waals surface area contributed by atoms with E-state index in [1.807, 2.05) is 0 Å². The van der Waals surface area contributed by atoms with Crippen LogP contribution in [0.3, 0.4) is 0 Å². The van der Waals surface area contributed by atoms with Gasteiger partial charge in [-0.1, -0.05) is 11.6 Å². The van der Waals surface area contributed by atoms with Crippen LogP contribution in [-0.2, 0) is 14.6 Å². The summed E-state index contributed by atoms with van der Waals surface area (Å²) in [6, 6.07) is 9.56. The van der Waals surface area contributed by atoms with Crippen LogP contribution in [0.25, 0.3) is 0 Å². The van der Waals surface area contributed by atoms with Crippen LogP contribution in [0, 0.1) is 5.82 Å². The summed E-state index contributed by atoms with van der Waals surface area (Å²) in [6.45, 7) is 1.49. The molecule has 0 radical (unpaired) electrons. The van der Waals surface area contributed by atoms with Crippen LogP contribution in [0.15, 0.2) is 47.4 Å². The van der Waals surface area contributed by atoms with Crippen LogP contribution in [0.4, 0.5) is 10.1 Å². The van der Waals surface area contributed by atoms with Gasteiger partial charge in [0.05, 0.1) is 10.6 Å². The summed E-state index contributed by atoms with van der Waals surface area (Å²) >= 11 is 5.65. The van der Waals surface area contributed by atoms with Crippen LogP contribution < -0.4 is 10.1 Å². The Hall–Kier alpha value is -2.12. The lowest BCUT2D eigenvalue weighted by atomic mass is 10.2. The van der Waals surface area contributed by atoms with Gasteiger partial charge in [0.25, 0.3) is 5.91 Å². The van der Waals surface area contributed by atoms with Crippen molar-refractivity contribution in [1.29, 1.82) is 0 Å².